The molecule has 0 saturated carbocycles. The quantitative estimate of drug-likeness (QED) is 0.847. The molecule has 1 aliphatic rings. The third-order valence-electron chi connectivity index (χ3n) is 3.71. The molecule has 2 rings (SSSR count). The van der Waals surface area contributed by atoms with Crippen LogP contribution in [0, 0.1) is 0 Å². The maximum absolute atomic E-state index is 10.6. The van der Waals surface area contributed by atoms with E-state index in [0.29, 0.717) is 12.2 Å². The fourth-order valence-electron chi connectivity index (χ4n) is 2.67. The molecule has 4 heteroatoms. The van der Waals surface area contributed by atoms with Gasteiger partial charge in [-0.15, -0.1) is 0 Å². The molecular weight excluding hydrogens is 226 g/mol. The lowest BCUT2D eigenvalue weighted by Crippen LogP contribution is -2.45. The normalized spacial score (nSPS) is 19.9. The highest BCUT2D eigenvalue weighted by Gasteiger charge is 2.32. The van der Waals surface area contributed by atoms with Crippen molar-refractivity contribution in [3.63, 3.8) is 0 Å². The van der Waals surface area contributed by atoms with E-state index in [1.54, 1.807) is 6.20 Å². The fraction of sp³-hybridized carbons (Fsp3) is 0.643. The van der Waals surface area contributed by atoms with E-state index in [9.17, 15) is 5.11 Å². The minimum atomic E-state index is -0.571. The van der Waals surface area contributed by atoms with Gasteiger partial charge in [-0.2, -0.15) is 0 Å². The number of anilines is 1. The summed E-state index contributed by atoms with van der Waals surface area (Å²) in [7, 11) is 0. The zero-order valence-corrected chi connectivity index (χ0v) is 11.1. The molecule has 3 N–H and O–H groups in total. The summed E-state index contributed by atoms with van der Waals surface area (Å²) in [6, 6.07) is 3.79. The summed E-state index contributed by atoms with van der Waals surface area (Å²) in [5, 5.41) is 10.6. The van der Waals surface area contributed by atoms with Gasteiger partial charge in [0.15, 0.2) is 0 Å². The molecule has 1 aliphatic heterocycles. The Bertz CT molecular complexity index is 386. The van der Waals surface area contributed by atoms with Gasteiger partial charge in [0.25, 0.3) is 0 Å². The summed E-state index contributed by atoms with van der Waals surface area (Å²) in [6.45, 7) is 5.31. The van der Waals surface area contributed by atoms with Gasteiger partial charge in [-0.1, -0.05) is 6.92 Å². The molecule has 0 unspecified atom stereocenters. The van der Waals surface area contributed by atoms with Gasteiger partial charge >= 0.3 is 0 Å². The SMILES string of the molecule is CCCN1CCC(O)(Cc2ccnc(N)c2)CC1. The van der Waals surface area contributed by atoms with Crippen molar-refractivity contribution in [3.05, 3.63) is 23.9 Å². The Morgan fingerprint density at radius 3 is 2.78 bits per heavy atom. The lowest BCUT2D eigenvalue weighted by Gasteiger charge is -2.38. The summed E-state index contributed by atoms with van der Waals surface area (Å²) in [5.74, 6) is 0.527. The van der Waals surface area contributed by atoms with Gasteiger partial charge in [-0.3, -0.25) is 0 Å². The number of nitrogen functional groups attached to an aromatic ring is 1. The number of aliphatic hydroxyl groups is 1. The first-order valence-corrected chi connectivity index (χ1v) is 6.76. The predicted molar refractivity (Wildman–Crippen MR) is 73.3 cm³/mol. The molecule has 0 amide bonds. The molecule has 100 valence electrons. The van der Waals surface area contributed by atoms with Crippen LogP contribution in [0.15, 0.2) is 18.3 Å². The average molecular weight is 249 g/mol. The molecule has 0 atom stereocenters. The van der Waals surface area contributed by atoms with Gasteiger partial charge in [0.2, 0.25) is 0 Å². The molecular formula is C14H23N3O. The van der Waals surface area contributed by atoms with Crippen molar-refractivity contribution in [1.82, 2.24) is 9.88 Å². The fourth-order valence-corrected chi connectivity index (χ4v) is 2.67. The second-order valence-corrected chi connectivity index (χ2v) is 5.33. The van der Waals surface area contributed by atoms with Crippen LogP contribution in [0.25, 0.3) is 0 Å². The molecule has 1 fully saturated rings. The van der Waals surface area contributed by atoms with Gasteiger partial charge in [-0.05, 0) is 43.5 Å². The van der Waals surface area contributed by atoms with Gasteiger partial charge in [-0.25, -0.2) is 4.98 Å². The molecule has 0 aromatic carbocycles. The molecule has 0 radical (unpaired) electrons. The largest absolute Gasteiger partial charge is 0.389 e. The number of hydrogen-bond acceptors (Lipinski definition) is 4. The van der Waals surface area contributed by atoms with E-state index in [-0.39, 0.29) is 0 Å². The van der Waals surface area contributed by atoms with Crippen molar-refractivity contribution in [2.75, 3.05) is 25.4 Å². The van der Waals surface area contributed by atoms with Crippen molar-refractivity contribution < 1.29 is 5.11 Å². The van der Waals surface area contributed by atoms with Gasteiger partial charge in [0.1, 0.15) is 5.82 Å². The first-order chi connectivity index (χ1) is 8.61. The highest BCUT2D eigenvalue weighted by Crippen LogP contribution is 2.26. The van der Waals surface area contributed by atoms with E-state index in [4.69, 9.17) is 5.73 Å². The predicted octanol–water partition coefficient (Wildman–Crippen LogP) is 1.44. The van der Waals surface area contributed by atoms with Gasteiger partial charge in [0.05, 0.1) is 5.60 Å². The number of pyridine rings is 1. The molecule has 4 nitrogen and oxygen atoms in total. The minimum Gasteiger partial charge on any atom is -0.389 e. The zero-order chi connectivity index (χ0) is 13.0. The number of nitrogens with zero attached hydrogens (tertiary/aromatic N) is 2. The van der Waals surface area contributed by atoms with Crippen molar-refractivity contribution in [2.45, 2.75) is 38.2 Å². The maximum atomic E-state index is 10.6. The third-order valence-corrected chi connectivity index (χ3v) is 3.71. The average Bonchev–Trinajstić information content (AvgIpc) is 2.32. The summed E-state index contributed by atoms with van der Waals surface area (Å²) < 4.78 is 0. The van der Waals surface area contributed by atoms with Crippen molar-refractivity contribution in [1.29, 1.82) is 0 Å². The molecule has 0 aliphatic carbocycles. The van der Waals surface area contributed by atoms with Gasteiger partial charge in [0, 0.05) is 25.7 Å². The second kappa shape index (κ2) is 5.67. The molecule has 0 bridgehead atoms. The van der Waals surface area contributed by atoms with Crippen LogP contribution in [0.3, 0.4) is 0 Å². The van der Waals surface area contributed by atoms with Crippen LogP contribution in [0.1, 0.15) is 31.7 Å². The number of nitrogens with two attached hydrogens (primary N) is 1. The molecule has 1 saturated heterocycles. The first kappa shape index (κ1) is 13.3. The number of hydrogen-bond donors (Lipinski definition) is 2. The summed E-state index contributed by atoms with van der Waals surface area (Å²) in [6.07, 6.45) is 5.25. The smallest absolute Gasteiger partial charge is 0.123 e. The second-order valence-electron chi connectivity index (χ2n) is 5.33. The van der Waals surface area contributed by atoms with Crippen LogP contribution < -0.4 is 5.73 Å². The van der Waals surface area contributed by atoms with Crippen molar-refractivity contribution in [3.8, 4) is 0 Å². The number of aromatic nitrogens is 1. The van der Waals surface area contributed by atoms with Crippen LogP contribution in [0.2, 0.25) is 0 Å². The minimum absolute atomic E-state index is 0.527. The summed E-state index contributed by atoms with van der Waals surface area (Å²) in [5.41, 5.74) is 6.17. The van der Waals surface area contributed by atoms with Crippen LogP contribution >= 0.6 is 0 Å². The van der Waals surface area contributed by atoms with Crippen LogP contribution in [-0.2, 0) is 6.42 Å². The maximum Gasteiger partial charge on any atom is 0.123 e. The standard InChI is InChI=1S/C14H23N3O/c1-2-7-17-8-4-14(18,5-9-17)11-12-3-6-16-13(15)10-12/h3,6,10,18H,2,4-5,7-9,11H2,1H3,(H2,15,16). The van der Waals surface area contributed by atoms with E-state index in [1.165, 1.54) is 6.42 Å². The van der Waals surface area contributed by atoms with Crippen LogP contribution in [-0.4, -0.2) is 40.2 Å². The lowest BCUT2D eigenvalue weighted by atomic mass is 9.85. The van der Waals surface area contributed by atoms with Crippen LogP contribution in [0.4, 0.5) is 5.82 Å². The summed E-state index contributed by atoms with van der Waals surface area (Å²) >= 11 is 0. The Labute approximate surface area is 109 Å². The van der Waals surface area contributed by atoms with E-state index < -0.39 is 5.60 Å². The van der Waals surface area contributed by atoms with Crippen LogP contribution in [0.5, 0.6) is 0 Å². The Balaban J connectivity index is 1.93. The van der Waals surface area contributed by atoms with E-state index >= 15 is 0 Å². The molecule has 0 spiro atoms. The highest BCUT2D eigenvalue weighted by atomic mass is 16.3. The number of rotatable bonds is 4. The Kier molecular flexibility index (Phi) is 4.19. The molecule has 1 aromatic heterocycles. The monoisotopic (exact) mass is 249 g/mol. The number of likely N-dealkylation sites (tertiary alicyclic amines) is 1. The molecule has 18 heavy (non-hydrogen) atoms. The Morgan fingerprint density at radius 1 is 1.44 bits per heavy atom. The number of piperidine rings is 1. The lowest BCUT2D eigenvalue weighted by molar-refractivity contribution is -0.0205. The molecule has 2 heterocycles. The Morgan fingerprint density at radius 2 is 2.17 bits per heavy atom. The third kappa shape index (κ3) is 3.43. The van der Waals surface area contributed by atoms with E-state index in [0.717, 1.165) is 38.0 Å². The Hall–Kier alpha value is -1.13. The van der Waals surface area contributed by atoms with Gasteiger partial charge < -0.3 is 15.7 Å². The molecule has 1 aromatic rings. The zero-order valence-electron chi connectivity index (χ0n) is 11.1. The highest BCUT2D eigenvalue weighted by molar-refractivity contribution is 5.32. The van der Waals surface area contributed by atoms with E-state index in [2.05, 4.69) is 16.8 Å². The van der Waals surface area contributed by atoms with Crippen molar-refractivity contribution in [2.24, 2.45) is 0 Å². The topological polar surface area (TPSA) is 62.4 Å². The van der Waals surface area contributed by atoms with Crippen molar-refractivity contribution >= 4 is 5.82 Å². The first-order valence-electron chi connectivity index (χ1n) is 6.76. The summed E-state index contributed by atoms with van der Waals surface area (Å²) in [4.78, 5) is 6.41. The van der Waals surface area contributed by atoms with E-state index in [1.807, 2.05) is 12.1 Å².